The summed E-state index contributed by atoms with van der Waals surface area (Å²) in [5.41, 5.74) is 0.519. The standard InChI is InChI=1S/C15H11Cl2FN2O3/c1-8(9-2-5-14(18)13(17)6-9)19-15(21)11-4-3-10(20(22)23)7-12(11)16/h2-8H,1H3,(H,19,21). The van der Waals surface area contributed by atoms with Crippen molar-refractivity contribution in [2.45, 2.75) is 13.0 Å². The number of carbonyl (C=O) groups excluding carboxylic acids is 1. The first-order chi connectivity index (χ1) is 10.8. The van der Waals surface area contributed by atoms with Crippen molar-refractivity contribution in [3.63, 3.8) is 0 Å². The van der Waals surface area contributed by atoms with Crippen LogP contribution < -0.4 is 5.32 Å². The minimum atomic E-state index is -0.600. The van der Waals surface area contributed by atoms with E-state index in [0.29, 0.717) is 5.56 Å². The number of hydrogen-bond acceptors (Lipinski definition) is 3. The number of nitro groups is 1. The minimum Gasteiger partial charge on any atom is -0.345 e. The van der Waals surface area contributed by atoms with E-state index in [-0.39, 0.29) is 21.3 Å². The summed E-state index contributed by atoms with van der Waals surface area (Å²) in [5.74, 6) is -1.05. The number of amides is 1. The van der Waals surface area contributed by atoms with E-state index in [1.165, 1.54) is 30.3 Å². The Kier molecular flexibility index (Phi) is 5.18. The molecule has 0 bridgehead atoms. The van der Waals surface area contributed by atoms with Gasteiger partial charge in [-0.15, -0.1) is 0 Å². The van der Waals surface area contributed by atoms with E-state index in [0.717, 1.165) is 6.07 Å². The summed E-state index contributed by atoms with van der Waals surface area (Å²) in [6, 6.07) is 7.25. The summed E-state index contributed by atoms with van der Waals surface area (Å²) in [7, 11) is 0. The first kappa shape index (κ1) is 17.2. The van der Waals surface area contributed by atoms with Gasteiger partial charge in [-0.1, -0.05) is 29.3 Å². The molecule has 0 aliphatic carbocycles. The van der Waals surface area contributed by atoms with Crippen LogP contribution in [0.2, 0.25) is 10.0 Å². The maximum atomic E-state index is 13.2. The van der Waals surface area contributed by atoms with Crippen LogP contribution in [0.3, 0.4) is 0 Å². The lowest BCUT2D eigenvalue weighted by Gasteiger charge is -2.15. The zero-order valence-electron chi connectivity index (χ0n) is 11.8. The van der Waals surface area contributed by atoms with Gasteiger partial charge in [0.25, 0.3) is 11.6 Å². The van der Waals surface area contributed by atoms with Gasteiger partial charge in [0.2, 0.25) is 0 Å². The van der Waals surface area contributed by atoms with Crippen molar-refractivity contribution in [2.24, 2.45) is 0 Å². The van der Waals surface area contributed by atoms with Crippen LogP contribution >= 0.6 is 23.2 Å². The van der Waals surface area contributed by atoms with E-state index in [2.05, 4.69) is 5.32 Å². The average molecular weight is 357 g/mol. The van der Waals surface area contributed by atoms with Gasteiger partial charge in [-0.3, -0.25) is 14.9 Å². The van der Waals surface area contributed by atoms with Crippen molar-refractivity contribution >= 4 is 34.8 Å². The fraction of sp³-hybridized carbons (Fsp3) is 0.133. The average Bonchev–Trinajstić information content (AvgIpc) is 2.49. The zero-order valence-corrected chi connectivity index (χ0v) is 13.4. The quantitative estimate of drug-likeness (QED) is 0.645. The number of hydrogen-bond donors (Lipinski definition) is 1. The Morgan fingerprint density at radius 3 is 2.48 bits per heavy atom. The molecule has 0 saturated heterocycles. The zero-order chi connectivity index (χ0) is 17.1. The molecule has 0 aliphatic heterocycles. The summed E-state index contributed by atoms with van der Waals surface area (Å²) in [4.78, 5) is 22.3. The molecule has 0 saturated carbocycles. The van der Waals surface area contributed by atoms with E-state index in [1.54, 1.807) is 6.92 Å². The highest BCUT2D eigenvalue weighted by atomic mass is 35.5. The highest BCUT2D eigenvalue weighted by Gasteiger charge is 2.17. The molecule has 1 atom stereocenters. The van der Waals surface area contributed by atoms with Crippen molar-refractivity contribution in [2.75, 3.05) is 0 Å². The molecule has 5 nitrogen and oxygen atoms in total. The fourth-order valence-electron chi connectivity index (χ4n) is 1.94. The van der Waals surface area contributed by atoms with Crippen molar-refractivity contribution in [3.05, 3.63) is 73.5 Å². The third-order valence-corrected chi connectivity index (χ3v) is 3.80. The van der Waals surface area contributed by atoms with Crippen LogP contribution in [0.5, 0.6) is 0 Å². The summed E-state index contributed by atoms with van der Waals surface area (Å²) < 4.78 is 13.2. The van der Waals surface area contributed by atoms with Crippen molar-refractivity contribution in [1.29, 1.82) is 0 Å². The molecular weight excluding hydrogens is 346 g/mol. The molecular formula is C15H11Cl2FN2O3. The molecule has 0 aromatic heterocycles. The van der Waals surface area contributed by atoms with Gasteiger partial charge in [0, 0.05) is 12.1 Å². The van der Waals surface area contributed by atoms with Crippen molar-refractivity contribution in [3.8, 4) is 0 Å². The van der Waals surface area contributed by atoms with E-state index >= 15 is 0 Å². The monoisotopic (exact) mass is 356 g/mol. The van der Waals surface area contributed by atoms with Crippen LogP contribution in [0, 0.1) is 15.9 Å². The van der Waals surface area contributed by atoms with Crippen LogP contribution in [-0.4, -0.2) is 10.8 Å². The number of rotatable bonds is 4. The van der Waals surface area contributed by atoms with Crippen molar-refractivity contribution < 1.29 is 14.1 Å². The summed E-state index contributed by atoms with van der Waals surface area (Å²) in [6.45, 7) is 1.70. The van der Waals surface area contributed by atoms with Gasteiger partial charge in [-0.25, -0.2) is 4.39 Å². The smallest absolute Gasteiger partial charge is 0.270 e. The first-order valence-corrected chi connectivity index (χ1v) is 7.25. The summed E-state index contributed by atoms with van der Waals surface area (Å²) in [5, 5.41) is 13.3. The molecule has 0 heterocycles. The van der Waals surface area contributed by atoms with Crippen molar-refractivity contribution in [1.82, 2.24) is 5.32 Å². The number of non-ortho nitro benzene ring substituents is 1. The van der Waals surface area contributed by atoms with Gasteiger partial charge in [-0.05, 0) is 30.7 Å². The Morgan fingerprint density at radius 2 is 1.91 bits per heavy atom. The number of halogens is 3. The first-order valence-electron chi connectivity index (χ1n) is 6.49. The molecule has 2 aromatic carbocycles. The molecule has 2 aromatic rings. The van der Waals surface area contributed by atoms with Crippen LogP contribution in [0.25, 0.3) is 0 Å². The summed E-state index contributed by atoms with van der Waals surface area (Å²) >= 11 is 11.6. The lowest BCUT2D eigenvalue weighted by Crippen LogP contribution is -2.27. The lowest BCUT2D eigenvalue weighted by atomic mass is 10.1. The maximum Gasteiger partial charge on any atom is 0.270 e. The predicted molar refractivity (Wildman–Crippen MR) is 85.4 cm³/mol. The number of nitro benzene ring substituents is 1. The SMILES string of the molecule is CC(NC(=O)c1ccc([N+](=O)[O-])cc1Cl)c1ccc(F)c(Cl)c1. The Labute approximate surface area is 141 Å². The maximum absolute atomic E-state index is 13.2. The molecule has 120 valence electrons. The van der Waals surface area contributed by atoms with Crippen LogP contribution in [0.1, 0.15) is 28.9 Å². The van der Waals surface area contributed by atoms with Gasteiger partial charge in [0.1, 0.15) is 5.82 Å². The molecule has 1 N–H and O–H groups in total. The highest BCUT2D eigenvalue weighted by molar-refractivity contribution is 6.34. The normalized spacial score (nSPS) is 11.8. The van der Waals surface area contributed by atoms with Gasteiger partial charge in [0.15, 0.2) is 0 Å². The largest absolute Gasteiger partial charge is 0.345 e. The van der Waals surface area contributed by atoms with Crippen LogP contribution in [-0.2, 0) is 0 Å². The molecule has 0 radical (unpaired) electrons. The molecule has 0 aliphatic rings. The Hall–Kier alpha value is -2.18. The Balaban J connectivity index is 2.18. The topological polar surface area (TPSA) is 72.2 Å². The third-order valence-electron chi connectivity index (χ3n) is 3.20. The molecule has 2 rings (SSSR count). The molecule has 0 spiro atoms. The van der Waals surface area contributed by atoms with Gasteiger partial charge >= 0.3 is 0 Å². The van der Waals surface area contributed by atoms with E-state index in [9.17, 15) is 19.3 Å². The number of benzene rings is 2. The van der Waals surface area contributed by atoms with Crippen LogP contribution in [0.4, 0.5) is 10.1 Å². The molecule has 23 heavy (non-hydrogen) atoms. The predicted octanol–water partition coefficient (Wildman–Crippen LogP) is 4.53. The van der Waals surface area contributed by atoms with E-state index in [4.69, 9.17) is 23.2 Å². The highest BCUT2D eigenvalue weighted by Crippen LogP contribution is 2.24. The van der Waals surface area contributed by atoms with Gasteiger partial charge in [0.05, 0.1) is 26.6 Å². The minimum absolute atomic E-state index is 0.0268. The van der Waals surface area contributed by atoms with Crippen LogP contribution in [0.15, 0.2) is 36.4 Å². The lowest BCUT2D eigenvalue weighted by molar-refractivity contribution is -0.384. The molecule has 8 heteroatoms. The van der Waals surface area contributed by atoms with Gasteiger partial charge < -0.3 is 5.32 Å². The second-order valence-electron chi connectivity index (χ2n) is 4.79. The number of carbonyl (C=O) groups is 1. The molecule has 1 amide bonds. The Morgan fingerprint density at radius 1 is 1.22 bits per heavy atom. The second kappa shape index (κ2) is 6.93. The van der Waals surface area contributed by atoms with E-state index < -0.39 is 22.7 Å². The van der Waals surface area contributed by atoms with Gasteiger partial charge in [-0.2, -0.15) is 0 Å². The number of nitrogens with one attached hydrogen (secondary N) is 1. The molecule has 1 unspecified atom stereocenters. The van der Waals surface area contributed by atoms with E-state index in [1.807, 2.05) is 0 Å². The third kappa shape index (κ3) is 3.97. The summed E-state index contributed by atoms with van der Waals surface area (Å²) in [6.07, 6.45) is 0. The Bertz CT molecular complexity index is 783. The fourth-order valence-corrected chi connectivity index (χ4v) is 2.39. The number of nitrogens with zero attached hydrogens (tertiary/aromatic N) is 1. The molecule has 0 fully saturated rings. The second-order valence-corrected chi connectivity index (χ2v) is 5.60.